The minimum atomic E-state index is -0.842. The van der Waals surface area contributed by atoms with Gasteiger partial charge in [-0.3, -0.25) is 0 Å². The van der Waals surface area contributed by atoms with Gasteiger partial charge < -0.3 is 20.1 Å². The first kappa shape index (κ1) is 19.0. The molecule has 1 atom stereocenters. The van der Waals surface area contributed by atoms with E-state index in [-0.39, 0.29) is 12.6 Å². The second kappa shape index (κ2) is 7.87. The molecule has 1 aliphatic heterocycles. The molecule has 1 aliphatic rings. The zero-order valence-corrected chi connectivity index (χ0v) is 16.4. The van der Waals surface area contributed by atoms with E-state index in [0.717, 1.165) is 30.4 Å². The summed E-state index contributed by atoms with van der Waals surface area (Å²) in [5.74, 6) is 0.784. The zero-order valence-electron chi connectivity index (χ0n) is 15.6. The van der Waals surface area contributed by atoms with Crippen molar-refractivity contribution in [3.63, 3.8) is 0 Å². The normalized spacial score (nSPS) is 18.0. The first-order valence-electron chi connectivity index (χ1n) is 9.02. The van der Waals surface area contributed by atoms with Crippen molar-refractivity contribution in [3.8, 4) is 5.75 Å². The summed E-state index contributed by atoms with van der Waals surface area (Å²) in [6, 6.07) is 14.5. The summed E-state index contributed by atoms with van der Waals surface area (Å²) in [7, 11) is 0. The van der Waals surface area contributed by atoms with Gasteiger partial charge in [-0.15, -0.1) is 0 Å². The van der Waals surface area contributed by atoms with Gasteiger partial charge in [0.25, 0.3) is 0 Å². The first-order valence-corrected chi connectivity index (χ1v) is 9.40. The highest BCUT2D eigenvalue weighted by Gasteiger charge is 2.25. The van der Waals surface area contributed by atoms with Crippen molar-refractivity contribution >= 4 is 17.3 Å². The Kier molecular flexibility index (Phi) is 5.76. The SMILES string of the molecule is Cc1cc(OCC(C)(C)O)ccc1N1CCNC[C@H]1c1ccc(Cl)cc1. The number of nitrogens with one attached hydrogen (secondary N) is 1. The number of aliphatic hydroxyl groups is 1. The minimum absolute atomic E-state index is 0.267. The molecule has 5 heteroatoms. The predicted molar refractivity (Wildman–Crippen MR) is 107 cm³/mol. The second-order valence-electron chi connectivity index (χ2n) is 7.51. The third-order valence-electron chi connectivity index (χ3n) is 4.57. The molecule has 3 rings (SSSR count). The number of aryl methyl sites for hydroxylation is 1. The van der Waals surface area contributed by atoms with Crippen molar-refractivity contribution in [1.82, 2.24) is 5.32 Å². The average Bonchev–Trinajstić information content (AvgIpc) is 2.60. The van der Waals surface area contributed by atoms with E-state index in [9.17, 15) is 5.11 Å². The van der Waals surface area contributed by atoms with Crippen molar-refractivity contribution in [1.29, 1.82) is 0 Å². The lowest BCUT2D eigenvalue weighted by molar-refractivity contribution is 0.0285. The molecule has 2 aromatic rings. The van der Waals surface area contributed by atoms with Crippen LogP contribution in [0.5, 0.6) is 5.75 Å². The Morgan fingerprint density at radius 2 is 1.96 bits per heavy atom. The molecule has 4 nitrogen and oxygen atoms in total. The number of hydrogen-bond acceptors (Lipinski definition) is 4. The van der Waals surface area contributed by atoms with E-state index in [1.165, 1.54) is 16.8 Å². The summed E-state index contributed by atoms with van der Waals surface area (Å²) in [4.78, 5) is 2.44. The van der Waals surface area contributed by atoms with Crippen LogP contribution in [-0.2, 0) is 0 Å². The fourth-order valence-electron chi connectivity index (χ4n) is 3.28. The van der Waals surface area contributed by atoms with Crippen LogP contribution in [0, 0.1) is 6.92 Å². The number of piperazine rings is 1. The highest BCUT2D eigenvalue weighted by Crippen LogP contribution is 2.33. The maximum absolute atomic E-state index is 9.84. The topological polar surface area (TPSA) is 44.7 Å². The quantitative estimate of drug-likeness (QED) is 0.831. The van der Waals surface area contributed by atoms with Gasteiger partial charge in [-0.2, -0.15) is 0 Å². The van der Waals surface area contributed by atoms with Gasteiger partial charge in [-0.25, -0.2) is 0 Å². The van der Waals surface area contributed by atoms with Crippen LogP contribution < -0.4 is 15.0 Å². The lowest BCUT2D eigenvalue weighted by Gasteiger charge is -2.39. The molecule has 1 fully saturated rings. The molecule has 0 radical (unpaired) electrons. The fraction of sp³-hybridized carbons (Fsp3) is 0.429. The van der Waals surface area contributed by atoms with Crippen molar-refractivity contribution in [2.75, 3.05) is 31.1 Å². The fourth-order valence-corrected chi connectivity index (χ4v) is 3.40. The number of nitrogens with zero attached hydrogens (tertiary/aromatic N) is 1. The summed E-state index contributed by atoms with van der Waals surface area (Å²) in [5.41, 5.74) is 2.79. The third kappa shape index (κ3) is 4.70. The van der Waals surface area contributed by atoms with Gasteiger partial charge in [0.05, 0.1) is 11.6 Å². The van der Waals surface area contributed by atoms with Crippen molar-refractivity contribution in [2.24, 2.45) is 0 Å². The molecule has 2 aromatic carbocycles. The predicted octanol–water partition coefficient (Wildman–Crippen LogP) is 3.95. The number of ether oxygens (including phenoxy) is 1. The van der Waals surface area contributed by atoms with Crippen LogP contribution in [0.4, 0.5) is 5.69 Å². The Morgan fingerprint density at radius 3 is 2.62 bits per heavy atom. The Morgan fingerprint density at radius 1 is 1.23 bits per heavy atom. The molecule has 0 bridgehead atoms. The molecule has 0 spiro atoms. The molecule has 0 aliphatic carbocycles. The van der Waals surface area contributed by atoms with Crippen LogP contribution in [0.15, 0.2) is 42.5 Å². The summed E-state index contributed by atoms with van der Waals surface area (Å²) < 4.78 is 5.72. The molecule has 0 saturated carbocycles. The Balaban J connectivity index is 1.82. The summed E-state index contributed by atoms with van der Waals surface area (Å²) >= 11 is 6.05. The molecule has 2 N–H and O–H groups in total. The molecule has 0 amide bonds. The molecule has 0 aromatic heterocycles. The van der Waals surface area contributed by atoms with Gasteiger partial charge in [-0.1, -0.05) is 23.7 Å². The van der Waals surface area contributed by atoms with Gasteiger partial charge in [0.2, 0.25) is 0 Å². The van der Waals surface area contributed by atoms with Gasteiger partial charge in [0, 0.05) is 30.3 Å². The number of anilines is 1. The Labute approximate surface area is 160 Å². The average molecular weight is 375 g/mol. The van der Waals surface area contributed by atoms with E-state index in [0.29, 0.717) is 0 Å². The van der Waals surface area contributed by atoms with E-state index in [1.54, 1.807) is 13.8 Å². The highest BCUT2D eigenvalue weighted by molar-refractivity contribution is 6.30. The third-order valence-corrected chi connectivity index (χ3v) is 4.82. The summed E-state index contributed by atoms with van der Waals surface area (Å²) in [6.45, 7) is 8.66. The lowest BCUT2D eigenvalue weighted by Crippen LogP contribution is -2.46. The standard InChI is InChI=1S/C21H27ClN2O2/c1-15-12-18(26-14-21(2,3)25)8-9-19(15)24-11-10-23-13-20(24)16-4-6-17(22)7-5-16/h4-9,12,20,23,25H,10-11,13-14H2,1-3H3/t20-/m0/s1. The number of hydrogen-bond donors (Lipinski definition) is 2. The monoisotopic (exact) mass is 374 g/mol. The molecular weight excluding hydrogens is 348 g/mol. The molecule has 26 heavy (non-hydrogen) atoms. The van der Waals surface area contributed by atoms with Gasteiger partial charge in [-0.05, 0) is 62.2 Å². The van der Waals surface area contributed by atoms with Gasteiger partial charge in [0.1, 0.15) is 12.4 Å². The Bertz CT molecular complexity index is 741. The minimum Gasteiger partial charge on any atom is -0.491 e. The highest BCUT2D eigenvalue weighted by atomic mass is 35.5. The Hall–Kier alpha value is -1.75. The number of rotatable bonds is 5. The summed E-state index contributed by atoms with van der Waals surface area (Å²) in [5, 5.41) is 14.1. The van der Waals surface area contributed by atoms with Gasteiger partial charge >= 0.3 is 0 Å². The molecular formula is C21H27ClN2O2. The lowest BCUT2D eigenvalue weighted by atomic mass is 10.0. The van der Waals surface area contributed by atoms with E-state index in [2.05, 4.69) is 35.3 Å². The van der Waals surface area contributed by atoms with Crippen LogP contribution in [0.3, 0.4) is 0 Å². The summed E-state index contributed by atoms with van der Waals surface area (Å²) in [6.07, 6.45) is 0. The van der Waals surface area contributed by atoms with Crippen molar-refractivity contribution in [3.05, 3.63) is 58.6 Å². The van der Waals surface area contributed by atoms with Gasteiger partial charge in [0.15, 0.2) is 0 Å². The van der Waals surface area contributed by atoms with Crippen molar-refractivity contribution < 1.29 is 9.84 Å². The zero-order chi connectivity index (χ0) is 18.7. The van der Waals surface area contributed by atoms with Crippen LogP contribution in [0.25, 0.3) is 0 Å². The van der Waals surface area contributed by atoms with E-state index in [4.69, 9.17) is 16.3 Å². The van der Waals surface area contributed by atoms with Crippen LogP contribution in [0.2, 0.25) is 5.02 Å². The van der Waals surface area contributed by atoms with Crippen LogP contribution in [0.1, 0.15) is 31.0 Å². The molecule has 0 unspecified atom stereocenters. The maximum Gasteiger partial charge on any atom is 0.119 e. The van der Waals surface area contributed by atoms with E-state index < -0.39 is 5.60 Å². The van der Waals surface area contributed by atoms with Crippen molar-refractivity contribution in [2.45, 2.75) is 32.4 Å². The largest absolute Gasteiger partial charge is 0.491 e. The van der Waals surface area contributed by atoms with E-state index in [1.807, 2.05) is 24.3 Å². The smallest absolute Gasteiger partial charge is 0.119 e. The second-order valence-corrected chi connectivity index (χ2v) is 7.95. The first-order chi connectivity index (χ1) is 12.3. The molecule has 1 saturated heterocycles. The van der Waals surface area contributed by atoms with Crippen LogP contribution >= 0.6 is 11.6 Å². The van der Waals surface area contributed by atoms with E-state index >= 15 is 0 Å². The van der Waals surface area contributed by atoms with Crippen LogP contribution in [-0.4, -0.2) is 36.9 Å². The number of halogens is 1. The number of benzene rings is 2. The molecule has 1 heterocycles. The molecule has 140 valence electrons. The maximum atomic E-state index is 9.84.